The molecule has 0 fully saturated rings. The van der Waals surface area contributed by atoms with E-state index in [1.165, 1.54) is 6.07 Å². The van der Waals surface area contributed by atoms with Gasteiger partial charge in [-0.1, -0.05) is 12.1 Å². The fourth-order valence-electron chi connectivity index (χ4n) is 1.58. The van der Waals surface area contributed by atoms with Gasteiger partial charge in [0.1, 0.15) is 18.1 Å². The SMILES string of the molecule is Cc1ccc(-c2ccc(CO)o2)cc1[N+](=O)[O-]. The molecule has 0 radical (unpaired) electrons. The topological polar surface area (TPSA) is 76.5 Å². The first kappa shape index (κ1) is 11.3. The largest absolute Gasteiger partial charge is 0.459 e. The fraction of sp³-hybridized carbons (Fsp3) is 0.167. The highest BCUT2D eigenvalue weighted by molar-refractivity contribution is 5.63. The third-order valence-corrected chi connectivity index (χ3v) is 2.51. The minimum atomic E-state index is -0.422. The van der Waals surface area contributed by atoms with Crippen LogP contribution in [0.2, 0.25) is 0 Å². The van der Waals surface area contributed by atoms with E-state index in [-0.39, 0.29) is 12.3 Å². The number of hydrogen-bond acceptors (Lipinski definition) is 4. The fourth-order valence-corrected chi connectivity index (χ4v) is 1.58. The first-order valence-electron chi connectivity index (χ1n) is 5.07. The molecular weight excluding hydrogens is 222 g/mol. The van der Waals surface area contributed by atoms with Gasteiger partial charge in [-0.3, -0.25) is 10.1 Å². The van der Waals surface area contributed by atoms with Gasteiger partial charge in [0, 0.05) is 17.2 Å². The zero-order valence-electron chi connectivity index (χ0n) is 9.21. The van der Waals surface area contributed by atoms with Crippen LogP contribution >= 0.6 is 0 Å². The lowest BCUT2D eigenvalue weighted by atomic mass is 10.1. The summed E-state index contributed by atoms with van der Waals surface area (Å²) in [4.78, 5) is 10.4. The number of hydrogen-bond donors (Lipinski definition) is 1. The van der Waals surface area contributed by atoms with E-state index >= 15 is 0 Å². The summed E-state index contributed by atoms with van der Waals surface area (Å²) in [5, 5.41) is 19.7. The summed E-state index contributed by atoms with van der Waals surface area (Å²) >= 11 is 0. The zero-order chi connectivity index (χ0) is 12.4. The number of nitro benzene ring substituents is 1. The third-order valence-electron chi connectivity index (χ3n) is 2.51. The summed E-state index contributed by atoms with van der Waals surface area (Å²) in [6.45, 7) is 1.50. The van der Waals surface area contributed by atoms with Crippen molar-refractivity contribution in [3.8, 4) is 11.3 Å². The third kappa shape index (κ3) is 2.19. The molecule has 1 N–H and O–H groups in total. The Morgan fingerprint density at radius 1 is 1.35 bits per heavy atom. The molecule has 17 heavy (non-hydrogen) atoms. The highest BCUT2D eigenvalue weighted by atomic mass is 16.6. The lowest BCUT2D eigenvalue weighted by Crippen LogP contribution is -1.91. The Labute approximate surface area is 97.5 Å². The summed E-state index contributed by atoms with van der Waals surface area (Å²) < 4.78 is 5.32. The van der Waals surface area contributed by atoms with Crippen LogP contribution in [0.25, 0.3) is 11.3 Å². The van der Waals surface area contributed by atoms with E-state index in [9.17, 15) is 10.1 Å². The monoisotopic (exact) mass is 233 g/mol. The van der Waals surface area contributed by atoms with Crippen molar-refractivity contribution in [2.75, 3.05) is 0 Å². The van der Waals surface area contributed by atoms with Crippen LogP contribution in [0.1, 0.15) is 11.3 Å². The van der Waals surface area contributed by atoms with Gasteiger partial charge in [0.15, 0.2) is 0 Å². The van der Waals surface area contributed by atoms with Gasteiger partial charge < -0.3 is 9.52 Å². The maximum atomic E-state index is 10.8. The molecule has 0 aliphatic carbocycles. The second-order valence-corrected chi connectivity index (χ2v) is 3.68. The number of aliphatic hydroxyl groups excluding tert-OH is 1. The molecule has 1 aromatic heterocycles. The predicted octanol–water partition coefficient (Wildman–Crippen LogP) is 2.66. The van der Waals surface area contributed by atoms with E-state index in [2.05, 4.69) is 0 Å². The number of nitrogens with zero attached hydrogens (tertiary/aromatic N) is 1. The normalized spacial score (nSPS) is 10.5. The Balaban J connectivity index is 2.46. The van der Waals surface area contributed by atoms with Crippen molar-refractivity contribution in [2.24, 2.45) is 0 Å². The van der Waals surface area contributed by atoms with Crippen LogP contribution in [0, 0.1) is 17.0 Å². The van der Waals surface area contributed by atoms with Crippen molar-refractivity contribution >= 4 is 5.69 Å². The molecule has 0 atom stereocenters. The Bertz CT molecular complexity index is 559. The van der Waals surface area contributed by atoms with Gasteiger partial charge in [-0.15, -0.1) is 0 Å². The van der Waals surface area contributed by atoms with Gasteiger partial charge in [-0.2, -0.15) is 0 Å². The summed E-state index contributed by atoms with van der Waals surface area (Å²) in [5.74, 6) is 0.945. The van der Waals surface area contributed by atoms with E-state index in [4.69, 9.17) is 9.52 Å². The lowest BCUT2D eigenvalue weighted by Gasteiger charge is -2.00. The maximum absolute atomic E-state index is 10.8. The van der Waals surface area contributed by atoms with Crippen LogP contribution < -0.4 is 0 Å². The van der Waals surface area contributed by atoms with Crippen LogP contribution in [0.5, 0.6) is 0 Å². The average Bonchev–Trinajstić information content (AvgIpc) is 2.78. The van der Waals surface area contributed by atoms with Gasteiger partial charge in [0.25, 0.3) is 5.69 Å². The highest BCUT2D eigenvalue weighted by Gasteiger charge is 2.13. The summed E-state index contributed by atoms with van der Waals surface area (Å²) in [5.41, 5.74) is 1.29. The second-order valence-electron chi connectivity index (χ2n) is 3.68. The molecule has 0 bridgehead atoms. The Kier molecular flexibility index (Phi) is 2.93. The van der Waals surface area contributed by atoms with Gasteiger partial charge in [-0.25, -0.2) is 0 Å². The molecule has 5 heteroatoms. The van der Waals surface area contributed by atoms with Gasteiger partial charge in [-0.05, 0) is 19.1 Å². The van der Waals surface area contributed by atoms with E-state index < -0.39 is 4.92 Å². The standard InChI is InChI=1S/C12H11NO4/c1-8-2-3-9(6-11(8)13(15)16)12-5-4-10(7-14)17-12/h2-6,14H,7H2,1H3. The quantitative estimate of drug-likeness (QED) is 0.653. The van der Waals surface area contributed by atoms with Crippen molar-refractivity contribution in [1.29, 1.82) is 0 Å². The summed E-state index contributed by atoms with van der Waals surface area (Å²) in [6.07, 6.45) is 0. The van der Waals surface area contributed by atoms with Crippen molar-refractivity contribution in [3.05, 3.63) is 51.8 Å². The molecule has 0 amide bonds. The van der Waals surface area contributed by atoms with Crippen LogP contribution in [0.3, 0.4) is 0 Å². The van der Waals surface area contributed by atoms with Crippen molar-refractivity contribution < 1.29 is 14.4 Å². The Morgan fingerprint density at radius 3 is 2.71 bits per heavy atom. The molecule has 88 valence electrons. The molecule has 1 heterocycles. The number of aryl methyl sites for hydroxylation is 1. The summed E-state index contributed by atoms with van der Waals surface area (Å²) in [7, 11) is 0. The van der Waals surface area contributed by atoms with Crippen LogP contribution in [-0.2, 0) is 6.61 Å². The zero-order valence-corrected chi connectivity index (χ0v) is 9.21. The molecule has 0 saturated heterocycles. The molecule has 1 aromatic carbocycles. The Morgan fingerprint density at radius 2 is 2.12 bits per heavy atom. The van der Waals surface area contributed by atoms with Crippen molar-refractivity contribution in [2.45, 2.75) is 13.5 Å². The van der Waals surface area contributed by atoms with Crippen molar-refractivity contribution in [1.82, 2.24) is 0 Å². The average molecular weight is 233 g/mol. The highest BCUT2D eigenvalue weighted by Crippen LogP contribution is 2.28. The lowest BCUT2D eigenvalue weighted by molar-refractivity contribution is -0.385. The van der Waals surface area contributed by atoms with E-state index in [0.29, 0.717) is 22.6 Å². The van der Waals surface area contributed by atoms with Gasteiger partial charge in [0.2, 0.25) is 0 Å². The number of furan rings is 1. The first-order chi connectivity index (χ1) is 8.11. The second kappa shape index (κ2) is 4.39. The molecule has 0 spiro atoms. The first-order valence-corrected chi connectivity index (χ1v) is 5.07. The van der Waals surface area contributed by atoms with Crippen LogP contribution in [0.15, 0.2) is 34.7 Å². The summed E-state index contributed by atoms with van der Waals surface area (Å²) in [6, 6.07) is 8.22. The maximum Gasteiger partial charge on any atom is 0.273 e. The molecule has 2 rings (SSSR count). The minimum absolute atomic E-state index is 0.0597. The molecular formula is C12H11NO4. The number of aliphatic hydroxyl groups is 1. The number of rotatable bonds is 3. The van der Waals surface area contributed by atoms with Crippen LogP contribution in [-0.4, -0.2) is 10.0 Å². The van der Waals surface area contributed by atoms with E-state index in [1.54, 1.807) is 31.2 Å². The smallest absolute Gasteiger partial charge is 0.273 e. The predicted molar refractivity (Wildman–Crippen MR) is 61.5 cm³/mol. The molecule has 5 nitrogen and oxygen atoms in total. The van der Waals surface area contributed by atoms with Gasteiger partial charge >= 0.3 is 0 Å². The number of nitro groups is 1. The van der Waals surface area contributed by atoms with Crippen molar-refractivity contribution in [3.63, 3.8) is 0 Å². The molecule has 0 unspecified atom stereocenters. The number of benzene rings is 1. The van der Waals surface area contributed by atoms with E-state index in [1.807, 2.05) is 0 Å². The molecule has 0 aliphatic rings. The molecule has 2 aromatic rings. The molecule has 0 aliphatic heterocycles. The Hall–Kier alpha value is -2.14. The van der Waals surface area contributed by atoms with E-state index in [0.717, 1.165) is 0 Å². The van der Waals surface area contributed by atoms with Crippen LogP contribution in [0.4, 0.5) is 5.69 Å². The van der Waals surface area contributed by atoms with Gasteiger partial charge in [0.05, 0.1) is 4.92 Å². The molecule has 0 saturated carbocycles. The minimum Gasteiger partial charge on any atom is -0.459 e.